The molecule has 4 N–H and O–H groups in total. The van der Waals surface area contributed by atoms with Crippen LogP contribution in [0, 0.1) is 28.0 Å². The number of carbonyl (C=O) groups is 3. The zero-order valence-corrected chi connectivity index (χ0v) is 65.4. The predicted molar refractivity (Wildman–Crippen MR) is 384 cm³/mol. The van der Waals surface area contributed by atoms with Gasteiger partial charge in [-0.25, -0.2) is 43.7 Å². The van der Waals surface area contributed by atoms with Crippen molar-refractivity contribution in [3.8, 4) is 17.4 Å². The third-order valence-electron chi connectivity index (χ3n) is 15.5. The number of phenols is 1. The van der Waals surface area contributed by atoms with Gasteiger partial charge in [0.25, 0.3) is 11.4 Å². The Hall–Kier alpha value is -7.03. The number of alkyl halides is 2. The summed E-state index contributed by atoms with van der Waals surface area (Å²) in [6.07, 6.45) is 15.5. The number of aliphatic hydroxyl groups is 1. The zero-order chi connectivity index (χ0) is 75.1. The SMILES string of the molecule is CCN(CC)S(F)(F)F.C[CH-]C.Fc1nccnc1C1(F)CCOCC1.Fc1nccnc1I.O=C(c1ccc(O)cc1)c1nc2ccccc2[nH]1.O=C(c1ccc(Oc2nccnc2C2(F)CCOCC2)cc1)c1nc2ccccc2[nH]1.O=C1CCOCC1.OC1(c2nccnc2F)CCOCC1.[Cl-].[Cl-].[Li+].[Mg+2]. The van der Waals surface area contributed by atoms with Gasteiger partial charge in [-0.15, -0.1) is 11.7 Å². The summed E-state index contributed by atoms with van der Waals surface area (Å²) < 4.78 is 130. The first kappa shape index (κ1) is 95.2. The Labute approximate surface area is 674 Å². The number of rotatable bonds is 12. The van der Waals surface area contributed by atoms with E-state index in [9.17, 15) is 53.8 Å². The molecule has 23 nitrogen and oxygen atoms in total. The van der Waals surface area contributed by atoms with Gasteiger partial charge in [-0.3, -0.25) is 29.3 Å². The Morgan fingerprint density at radius 1 is 0.556 bits per heavy atom. The van der Waals surface area contributed by atoms with E-state index in [1.54, 1.807) is 59.0 Å². The van der Waals surface area contributed by atoms with Gasteiger partial charge in [-0.1, -0.05) is 38.1 Å². The van der Waals surface area contributed by atoms with E-state index in [0.717, 1.165) is 22.1 Å². The normalized spacial score (nSPS) is 15.2. The summed E-state index contributed by atoms with van der Waals surface area (Å²) in [7, 11) is 0. The number of hydrogen-bond donors (Lipinski definition) is 4. The van der Waals surface area contributed by atoms with E-state index < -0.39 is 46.2 Å². The van der Waals surface area contributed by atoms with Gasteiger partial charge in [0.05, 0.1) is 61.7 Å². The molecule has 14 rings (SSSR count). The summed E-state index contributed by atoms with van der Waals surface area (Å²) in [4.78, 5) is 79.6. The molecule has 0 unspecified atom stereocenters. The van der Waals surface area contributed by atoms with Crippen LogP contribution < -0.4 is 48.4 Å². The van der Waals surface area contributed by atoms with Gasteiger partial charge in [0.15, 0.2) is 26.7 Å². The summed E-state index contributed by atoms with van der Waals surface area (Å²) in [5.74, 6) is -0.850. The van der Waals surface area contributed by atoms with Gasteiger partial charge in [0.2, 0.25) is 35.3 Å². The summed E-state index contributed by atoms with van der Waals surface area (Å²) in [5, 5.41) is 19.3. The number of para-hydroxylation sites is 4. The maximum Gasteiger partial charge on any atom is 2.00 e. The molecule has 6 aromatic heterocycles. The monoisotopic (exact) mass is 1680 g/mol. The number of carbonyl (C=O) groups excluding carboxylic acids is 3. The van der Waals surface area contributed by atoms with Gasteiger partial charge < -0.3 is 75.1 Å². The molecule has 10 aromatic rings. The van der Waals surface area contributed by atoms with Crippen molar-refractivity contribution in [2.45, 2.75) is 96.0 Å². The number of nitrogens with zero attached hydrogens (tertiary/aromatic N) is 11. The van der Waals surface area contributed by atoms with Crippen LogP contribution in [-0.2, 0) is 40.7 Å². The molecule has 37 heteroatoms. The van der Waals surface area contributed by atoms with Crippen molar-refractivity contribution in [3.05, 3.63) is 214 Å². The zero-order valence-electron chi connectivity index (χ0n) is 59.5. The molecule has 4 aliphatic rings. The molecule has 108 heavy (non-hydrogen) atoms. The number of halogens is 11. The fourth-order valence-electron chi connectivity index (χ4n) is 9.98. The molecule has 4 fully saturated rings. The second kappa shape index (κ2) is 47.9. The van der Waals surface area contributed by atoms with Crippen molar-refractivity contribution >= 4 is 96.4 Å². The van der Waals surface area contributed by atoms with E-state index in [1.165, 1.54) is 75.6 Å². The molecule has 10 heterocycles. The minimum atomic E-state index is -4.93. The van der Waals surface area contributed by atoms with Crippen LogP contribution in [0.25, 0.3) is 22.1 Å². The second-order valence-corrected chi connectivity index (χ2v) is 25.1. The molecule has 0 radical (unpaired) electrons. The van der Waals surface area contributed by atoms with Gasteiger partial charge in [-0.05, 0) is 95.4 Å². The molecule has 0 atom stereocenters. The van der Waals surface area contributed by atoms with E-state index in [4.69, 9.17) is 23.7 Å². The minimum absolute atomic E-state index is 0. The van der Waals surface area contributed by atoms with E-state index >= 15 is 4.39 Å². The number of aromatic nitrogens is 12. The first-order valence-corrected chi connectivity index (χ1v) is 35.1. The quantitative estimate of drug-likeness (QED) is 0.0401. The third kappa shape index (κ3) is 29.0. The van der Waals surface area contributed by atoms with Crippen LogP contribution in [0.3, 0.4) is 0 Å². The van der Waals surface area contributed by atoms with Gasteiger partial charge in [0.1, 0.15) is 40.0 Å². The molecule has 4 saturated heterocycles. The number of H-pyrrole nitrogens is 2. The van der Waals surface area contributed by atoms with Gasteiger partial charge >= 0.3 is 41.9 Å². The Kier molecular flexibility index (Phi) is 42.2. The van der Waals surface area contributed by atoms with Gasteiger partial charge in [0, 0.05) is 138 Å². The number of Topliss-reactive ketones (excluding diaryl/α,β-unsaturated/α-hetero) is 1. The fraction of sp³-hybridized carbons (Fsp3) is 0.352. The van der Waals surface area contributed by atoms with Crippen LogP contribution in [0.4, 0.5) is 33.6 Å². The molecule has 0 spiro atoms. The van der Waals surface area contributed by atoms with Gasteiger partial charge in [-0.2, -0.15) is 31.3 Å². The van der Waals surface area contributed by atoms with E-state index in [2.05, 4.69) is 59.8 Å². The van der Waals surface area contributed by atoms with Crippen LogP contribution in [0.2, 0.25) is 0 Å². The summed E-state index contributed by atoms with van der Waals surface area (Å²) in [6.45, 7) is 10.5. The average molecular weight is 1690 g/mol. The average Bonchev–Trinajstić information content (AvgIpc) is 1.30. The number of benzene rings is 4. The van der Waals surface area contributed by atoms with Crippen molar-refractivity contribution in [1.29, 1.82) is 0 Å². The minimum Gasteiger partial charge on any atom is -1.00 e. The third-order valence-corrected chi connectivity index (χ3v) is 17.3. The molecule has 4 aromatic carbocycles. The number of fused-ring (bicyclic) bond motifs is 2. The van der Waals surface area contributed by atoms with E-state index in [0.29, 0.717) is 115 Å². The number of phenolic OH excluding ortho intramolecular Hbond substituents is 1. The Morgan fingerprint density at radius 2 is 0.926 bits per heavy atom. The van der Waals surface area contributed by atoms with Crippen LogP contribution in [0.5, 0.6) is 17.4 Å². The van der Waals surface area contributed by atoms with Crippen molar-refractivity contribution in [2.75, 3.05) is 65.9 Å². The number of ether oxygens (including phenoxy) is 5. The fourth-order valence-corrected chi connectivity index (χ4v) is 10.9. The molecule has 0 aliphatic carbocycles. The smallest absolute Gasteiger partial charge is 1.00 e. The number of hydrogen-bond acceptors (Lipinski definition) is 21. The van der Waals surface area contributed by atoms with E-state index in [1.807, 2.05) is 68.8 Å². The number of ketones is 3. The van der Waals surface area contributed by atoms with Crippen molar-refractivity contribution < 1.29 is 126 Å². The van der Waals surface area contributed by atoms with Crippen molar-refractivity contribution in [1.82, 2.24) is 64.1 Å². The second-order valence-electron chi connectivity index (χ2n) is 22.8. The first-order chi connectivity index (χ1) is 49.9. The van der Waals surface area contributed by atoms with E-state index in [-0.39, 0.29) is 152 Å². The molecule has 0 amide bonds. The summed E-state index contributed by atoms with van der Waals surface area (Å²) in [5.41, 5.74) is -0.481. The standard InChI is InChI=1S/C23H19FN4O3.C14H10N2O2.C9H10F2N2O.C9H11FN2O2.C5H8O2.C4H10F3NS.C4H2FIN2.C3H7.2ClH.Li.Mg/c24-23(9-13-30-14-10-23)20-22(26-12-11-25-20)31-16-7-5-15(6-8-16)19(29)21-27-17-3-1-2-4-18(17)28-21;17-10-7-5-9(6-8-10)13(18)14-15-11-3-1-2-4-12(11)16-14;10-8-7(12-3-4-13-8)9(11)1-5-14-6-2-9;10-8-7(11-3-4-12-8)9(13)1-5-14-6-2-9;6-5-1-3-7-4-2-5;1-3-8(4-2)9(5,6)7;5-3-4(6)8-2-1-7-3;1-3-2;;;;/h1-8,11-12H,9-10,13-14H2,(H,27,28);1-8,17H,(H,15,16);3-4H,1-2,5-6H2;3-4,13H,1-2,5-6H2;1-4H2;3-4H2,1-2H3;1-2H;3H,1-2H3;2*1H;;/q;;;;;;;-1;;;+1;+2/p-2. The molecule has 0 saturated carbocycles. The number of aromatic hydroxyl groups is 1. The molecule has 0 bridgehead atoms. The molecule has 4 aliphatic heterocycles. The maximum atomic E-state index is 15.4. The maximum absolute atomic E-state index is 15.4. The van der Waals surface area contributed by atoms with Crippen LogP contribution in [-0.4, -0.2) is 181 Å². The number of aromatic amines is 2. The van der Waals surface area contributed by atoms with Crippen molar-refractivity contribution in [3.63, 3.8) is 0 Å². The number of imidazole rings is 2. The number of nitrogens with one attached hydrogen (secondary N) is 2. The topological polar surface area (TPSA) is 302 Å². The molecular weight excluding hydrogens is 1610 g/mol. The Morgan fingerprint density at radius 3 is 1.31 bits per heavy atom. The van der Waals surface area contributed by atoms with Crippen LogP contribution in [0.1, 0.15) is 129 Å². The van der Waals surface area contributed by atoms with Crippen molar-refractivity contribution in [2.24, 2.45) is 0 Å². The summed E-state index contributed by atoms with van der Waals surface area (Å²) in [6, 6.07) is 27.6. The molecular formula is C71H77Cl2F8ILiMgN13O10S. The first-order valence-electron chi connectivity index (χ1n) is 32.7. The predicted octanol–water partition coefficient (Wildman–Crippen LogP) is 5.20. The van der Waals surface area contributed by atoms with Crippen LogP contribution >= 0.6 is 34.0 Å². The molecule has 572 valence electrons. The Balaban J connectivity index is 0.000000342. The largest absolute Gasteiger partial charge is 2.00 e. The summed E-state index contributed by atoms with van der Waals surface area (Å²) >= 11 is -3.16. The Bertz CT molecular complexity index is 4170. The van der Waals surface area contributed by atoms with Crippen LogP contribution in [0.15, 0.2) is 147 Å².